The number of nitrogens with zero attached hydrogens (tertiary/aromatic N) is 1. The molecule has 0 fully saturated rings. The summed E-state index contributed by atoms with van der Waals surface area (Å²) in [5.74, 6) is 0.854. The number of fused-ring (bicyclic) bond motifs is 1. The van der Waals surface area contributed by atoms with Crippen LogP contribution in [0.25, 0.3) is 16.6 Å². The molecule has 0 amide bonds. The Bertz CT molecular complexity index is 764. The van der Waals surface area contributed by atoms with Gasteiger partial charge in [0.05, 0.1) is 19.2 Å². The third-order valence-electron chi connectivity index (χ3n) is 3.38. The van der Waals surface area contributed by atoms with Gasteiger partial charge in [-0.3, -0.25) is 0 Å². The van der Waals surface area contributed by atoms with Crippen LogP contribution in [-0.4, -0.2) is 16.8 Å². The van der Waals surface area contributed by atoms with E-state index in [9.17, 15) is 5.11 Å². The fraction of sp³-hybridized carbons (Fsp3) is 0.125. The van der Waals surface area contributed by atoms with Crippen molar-refractivity contribution in [1.29, 1.82) is 0 Å². The zero-order valence-corrected chi connectivity index (χ0v) is 12.6. The number of methoxy groups -OCH3 is 1. The predicted octanol–water partition coefficient (Wildman–Crippen LogP) is 3.89. The van der Waals surface area contributed by atoms with Gasteiger partial charge in [-0.15, -0.1) is 0 Å². The lowest BCUT2D eigenvalue weighted by molar-refractivity contribution is 0.281. The Morgan fingerprint density at radius 3 is 2.70 bits per heavy atom. The van der Waals surface area contributed by atoms with E-state index >= 15 is 0 Å². The third-order valence-corrected chi connectivity index (χ3v) is 4.12. The molecule has 1 aromatic heterocycles. The van der Waals surface area contributed by atoms with Crippen molar-refractivity contribution in [3.63, 3.8) is 0 Å². The summed E-state index contributed by atoms with van der Waals surface area (Å²) >= 11 is 3.49. The van der Waals surface area contributed by atoms with Crippen LogP contribution in [-0.2, 0) is 6.61 Å². The second-order valence-electron chi connectivity index (χ2n) is 4.54. The minimum atomic E-state index is 0.0322. The number of aromatic nitrogens is 1. The van der Waals surface area contributed by atoms with Crippen molar-refractivity contribution in [2.45, 2.75) is 6.61 Å². The molecule has 4 heteroatoms. The number of aliphatic hydroxyl groups excluding tert-OH is 1. The maximum Gasteiger partial charge on any atom is 0.119 e. The van der Waals surface area contributed by atoms with Gasteiger partial charge in [0, 0.05) is 21.7 Å². The number of hydrogen-bond acceptors (Lipinski definition) is 2. The van der Waals surface area contributed by atoms with E-state index in [1.807, 2.05) is 42.6 Å². The quantitative estimate of drug-likeness (QED) is 0.789. The molecule has 1 heterocycles. The van der Waals surface area contributed by atoms with E-state index in [0.29, 0.717) is 0 Å². The molecule has 0 aliphatic carbocycles. The van der Waals surface area contributed by atoms with Crippen molar-refractivity contribution in [3.05, 3.63) is 58.7 Å². The van der Waals surface area contributed by atoms with E-state index < -0.39 is 0 Å². The van der Waals surface area contributed by atoms with Gasteiger partial charge < -0.3 is 14.4 Å². The first-order chi connectivity index (χ1) is 9.72. The molecule has 0 saturated heterocycles. The van der Waals surface area contributed by atoms with Gasteiger partial charge in [0.2, 0.25) is 0 Å². The van der Waals surface area contributed by atoms with Gasteiger partial charge in [-0.1, -0.05) is 22.0 Å². The van der Waals surface area contributed by atoms with E-state index in [4.69, 9.17) is 4.74 Å². The molecule has 3 nitrogen and oxygen atoms in total. The van der Waals surface area contributed by atoms with Crippen LogP contribution in [0.15, 0.2) is 53.1 Å². The molecular weight excluding hydrogens is 318 g/mol. The van der Waals surface area contributed by atoms with Gasteiger partial charge >= 0.3 is 0 Å². The van der Waals surface area contributed by atoms with E-state index in [1.165, 1.54) is 0 Å². The van der Waals surface area contributed by atoms with Crippen LogP contribution < -0.4 is 4.74 Å². The average molecular weight is 332 g/mol. The van der Waals surface area contributed by atoms with Crippen molar-refractivity contribution in [3.8, 4) is 11.4 Å². The molecule has 1 N–H and O–H groups in total. The van der Waals surface area contributed by atoms with Crippen molar-refractivity contribution in [2.24, 2.45) is 0 Å². The largest absolute Gasteiger partial charge is 0.497 e. The van der Waals surface area contributed by atoms with Crippen LogP contribution in [0.5, 0.6) is 5.75 Å². The van der Waals surface area contributed by atoms with Crippen LogP contribution in [0.1, 0.15) is 5.56 Å². The molecule has 0 bridgehead atoms. The van der Waals surface area contributed by atoms with Crippen LogP contribution in [0.2, 0.25) is 0 Å². The second kappa shape index (κ2) is 5.31. The molecule has 0 saturated carbocycles. The summed E-state index contributed by atoms with van der Waals surface area (Å²) in [5.41, 5.74) is 3.05. The van der Waals surface area contributed by atoms with Crippen LogP contribution in [0.4, 0.5) is 0 Å². The average Bonchev–Trinajstić information content (AvgIpc) is 2.90. The first-order valence-corrected chi connectivity index (χ1v) is 7.07. The predicted molar refractivity (Wildman–Crippen MR) is 83.4 cm³/mol. The molecule has 0 unspecified atom stereocenters. The standard InChI is InChI=1S/C16H14BrNO2/c1-20-14-4-5-16-11(8-14)6-7-18(16)13-3-2-12(10-19)15(17)9-13/h2-9,19H,10H2,1H3. The number of rotatable bonds is 3. The summed E-state index contributed by atoms with van der Waals surface area (Å²) in [5, 5.41) is 10.3. The first-order valence-electron chi connectivity index (χ1n) is 6.27. The summed E-state index contributed by atoms with van der Waals surface area (Å²) in [4.78, 5) is 0. The van der Waals surface area contributed by atoms with Crippen LogP contribution in [0, 0.1) is 0 Å². The Morgan fingerprint density at radius 2 is 2.00 bits per heavy atom. The Morgan fingerprint density at radius 1 is 1.15 bits per heavy atom. The molecule has 2 aromatic carbocycles. The normalized spacial score (nSPS) is 10.9. The maximum atomic E-state index is 9.22. The highest BCUT2D eigenvalue weighted by atomic mass is 79.9. The van der Waals surface area contributed by atoms with Gasteiger partial charge in [-0.05, 0) is 42.0 Å². The molecule has 3 aromatic rings. The number of benzene rings is 2. The Kier molecular flexibility index (Phi) is 3.51. The van der Waals surface area contributed by atoms with Gasteiger partial charge in [-0.2, -0.15) is 0 Å². The zero-order chi connectivity index (χ0) is 14.1. The third kappa shape index (κ3) is 2.21. The van der Waals surface area contributed by atoms with Crippen molar-refractivity contribution < 1.29 is 9.84 Å². The lowest BCUT2D eigenvalue weighted by Gasteiger charge is -2.09. The molecule has 3 rings (SSSR count). The minimum absolute atomic E-state index is 0.0322. The monoisotopic (exact) mass is 331 g/mol. The molecule has 0 atom stereocenters. The van der Waals surface area contributed by atoms with Crippen molar-refractivity contribution in [2.75, 3.05) is 7.11 Å². The summed E-state index contributed by atoms with van der Waals surface area (Å²) in [6.07, 6.45) is 2.03. The van der Waals surface area contributed by atoms with Crippen molar-refractivity contribution in [1.82, 2.24) is 4.57 Å². The number of aliphatic hydroxyl groups is 1. The highest BCUT2D eigenvalue weighted by Crippen LogP contribution is 2.27. The van der Waals surface area contributed by atoms with Gasteiger partial charge in [0.15, 0.2) is 0 Å². The van der Waals surface area contributed by atoms with E-state index in [-0.39, 0.29) is 6.61 Å². The van der Waals surface area contributed by atoms with Gasteiger partial charge in [-0.25, -0.2) is 0 Å². The number of hydrogen-bond donors (Lipinski definition) is 1. The minimum Gasteiger partial charge on any atom is -0.497 e. The Labute approximate surface area is 125 Å². The smallest absolute Gasteiger partial charge is 0.119 e. The molecule has 102 valence electrons. The molecule has 0 spiro atoms. The molecule has 0 aliphatic heterocycles. The summed E-state index contributed by atoms with van der Waals surface area (Å²) in [7, 11) is 1.67. The Hall–Kier alpha value is -1.78. The van der Waals surface area contributed by atoms with E-state index in [0.717, 1.165) is 32.4 Å². The topological polar surface area (TPSA) is 34.4 Å². The summed E-state index contributed by atoms with van der Waals surface area (Å²) in [6.45, 7) is 0.0322. The first kappa shape index (κ1) is 13.2. The highest BCUT2D eigenvalue weighted by molar-refractivity contribution is 9.10. The molecule has 0 aliphatic rings. The van der Waals surface area contributed by atoms with Crippen molar-refractivity contribution >= 4 is 26.8 Å². The fourth-order valence-electron chi connectivity index (χ4n) is 2.29. The zero-order valence-electron chi connectivity index (χ0n) is 11.0. The molecular formula is C16H14BrNO2. The molecule has 20 heavy (non-hydrogen) atoms. The number of halogens is 1. The van der Waals surface area contributed by atoms with Crippen LogP contribution >= 0.6 is 15.9 Å². The highest BCUT2D eigenvalue weighted by Gasteiger charge is 2.06. The lowest BCUT2D eigenvalue weighted by Crippen LogP contribution is -1.94. The molecule has 0 radical (unpaired) electrons. The fourth-order valence-corrected chi connectivity index (χ4v) is 2.78. The lowest BCUT2D eigenvalue weighted by atomic mass is 10.2. The SMILES string of the molecule is COc1ccc2c(ccn2-c2ccc(CO)c(Br)c2)c1. The van der Waals surface area contributed by atoms with Gasteiger partial charge in [0.25, 0.3) is 0 Å². The maximum absolute atomic E-state index is 9.22. The van der Waals surface area contributed by atoms with Crippen LogP contribution in [0.3, 0.4) is 0 Å². The van der Waals surface area contributed by atoms with E-state index in [1.54, 1.807) is 7.11 Å². The Balaban J connectivity index is 2.12. The van der Waals surface area contributed by atoms with E-state index in [2.05, 4.69) is 26.6 Å². The van der Waals surface area contributed by atoms with Gasteiger partial charge in [0.1, 0.15) is 5.75 Å². The summed E-state index contributed by atoms with van der Waals surface area (Å²) < 4.78 is 8.26. The second-order valence-corrected chi connectivity index (χ2v) is 5.40. The number of ether oxygens (including phenoxy) is 1. The summed E-state index contributed by atoms with van der Waals surface area (Å²) in [6, 6.07) is 14.0.